The Labute approximate surface area is 210 Å². The molecule has 8 heteroatoms. The number of carbonyl (C=O) groups excluding carboxylic acids is 1. The minimum Gasteiger partial charge on any atom is -0.454 e. The van der Waals surface area contributed by atoms with Gasteiger partial charge in [-0.05, 0) is 50.5 Å². The first-order valence-corrected chi connectivity index (χ1v) is 13.3. The molecule has 35 heavy (non-hydrogen) atoms. The van der Waals surface area contributed by atoms with E-state index in [-0.39, 0.29) is 12.6 Å². The highest BCUT2D eigenvalue weighted by atomic mass is 32.2. The van der Waals surface area contributed by atoms with E-state index in [1.165, 1.54) is 31.0 Å². The van der Waals surface area contributed by atoms with E-state index >= 15 is 0 Å². The summed E-state index contributed by atoms with van der Waals surface area (Å²) in [6.45, 7) is 9.57. The number of allylic oxidation sites excluding steroid dienone is 1. The van der Waals surface area contributed by atoms with Crippen molar-refractivity contribution >= 4 is 17.5 Å². The summed E-state index contributed by atoms with van der Waals surface area (Å²) >= 11 is 1.47. The molecule has 2 aromatic heterocycles. The van der Waals surface area contributed by atoms with Gasteiger partial charge in [-0.2, -0.15) is 0 Å². The minimum atomic E-state index is 0.104. The van der Waals surface area contributed by atoms with Crippen molar-refractivity contribution in [2.24, 2.45) is 0 Å². The lowest BCUT2D eigenvalue weighted by Crippen LogP contribution is -2.13. The van der Waals surface area contributed by atoms with Gasteiger partial charge in [0.05, 0.1) is 5.75 Å². The fourth-order valence-electron chi connectivity index (χ4n) is 5.13. The second kappa shape index (κ2) is 10.3. The molecule has 184 valence electrons. The summed E-state index contributed by atoms with van der Waals surface area (Å²) in [6.07, 6.45) is 7.99. The van der Waals surface area contributed by atoms with Crippen molar-refractivity contribution in [2.45, 2.75) is 70.1 Å². The van der Waals surface area contributed by atoms with Crippen molar-refractivity contribution in [3.8, 4) is 11.5 Å². The van der Waals surface area contributed by atoms with E-state index in [2.05, 4.69) is 25.9 Å². The quantitative estimate of drug-likeness (QED) is 0.217. The van der Waals surface area contributed by atoms with E-state index in [9.17, 15) is 4.79 Å². The molecule has 0 spiro atoms. The van der Waals surface area contributed by atoms with E-state index in [1.807, 2.05) is 44.2 Å². The van der Waals surface area contributed by atoms with Crippen molar-refractivity contribution in [3.63, 3.8) is 0 Å². The Morgan fingerprint density at radius 1 is 1.11 bits per heavy atom. The first-order chi connectivity index (χ1) is 17.0. The maximum Gasteiger partial charge on any atom is 0.231 e. The molecule has 1 aliphatic heterocycles. The molecule has 0 saturated heterocycles. The van der Waals surface area contributed by atoms with Crippen LogP contribution in [0.5, 0.6) is 11.5 Å². The van der Waals surface area contributed by atoms with Gasteiger partial charge in [-0.15, -0.1) is 16.8 Å². The number of nitrogens with zero attached hydrogens (tertiary/aromatic N) is 4. The highest BCUT2D eigenvalue weighted by Gasteiger charge is 2.24. The number of thioether (sulfide) groups is 1. The Hall–Kier alpha value is -3.00. The average Bonchev–Trinajstić information content (AvgIpc) is 3.57. The third kappa shape index (κ3) is 4.89. The molecule has 0 N–H and O–H groups in total. The van der Waals surface area contributed by atoms with Gasteiger partial charge in [0.2, 0.25) is 6.79 Å². The number of benzene rings is 1. The lowest BCUT2D eigenvalue weighted by atomic mass is 9.89. The summed E-state index contributed by atoms with van der Waals surface area (Å²) in [5.74, 6) is 3.48. The molecule has 1 aliphatic carbocycles. The number of fused-ring (bicyclic) bond motifs is 1. The van der Waals surface area contributed by atoms with Crippen molar-refractivity contribution in [2.75, 3.05) is 12.5 Å². The van der Waals surface area contributed by atoms with Gasteiger partial charge in [0, 0.05) is 36.0 Å². The molecule has 5 rings (SSSR count). The number of ketones is 1. The number of Topliss-reactive ketones (excluding diaryl/α,β-unsaturated/α-hetero) is 1. The molecular formula is C27H32N4O3S. The lowest BCUT2D eigenvalue weighted by molar-refractivity contribution is 0.102. The van der Waals surface area contributed by atoms with Crippen molar-refractivity contribution in [3.05, 3.63) is 65.3 Å². The fraction of sp³-hybridized carbons (Fsp3) is 0.444. The maximum atomic E-state index is 13.2. The second-order valence-corrected chi connectivity index (χ2v) is 10.3. The predicted octanol–water partition coefficient (Wildman–Crippen LogP) is 5.68. The van der Waals surface area contributed by atoms with Gasteiger partial charge in [0.15, 0.2) is 22.4 Å². The molecule has 3 heterocycles. The maximum absolute atomic E-state index is 13.2. The highest BCUT2D eigenvalue weighted by molar-refractivity contribution is 7.99. The molecule has 1 fully saturated rings. The van der Waals surface area contributed by atoms with Crippen molar-refractivity contribution < 1.29 is 14.3 Å². The number of aromatic nitrogens is 4. The van der Waals surface area contributed by atoms with Crippen LogP contribution in [0.15, 0.2) is 42.1 Å². The van der Waals surface area contributed by atoms with Crippen LogP contribution in [-0.2, 0) is 13.1 Å². The van der Waals surface area contributed by atoms with Gasteiger partial charge >= 0.3 is 0 Å². The molecule has 0 bridgehead atoms. The molecular weight excluding hydrogens is 460 g/mol. The summed E-state index contributed by atoms with van der Waals surface area (Å²) < 4.78 is 15.3. The van der Waals surface area contributed by atoms with Crippen LogP contribution in [0.4, 0.5) is 0 Å². The molecule has 0 radical (unpaired) electrons. The van der Waals surface area contributed by atoms with Gasteiger partial charge in [-0.3, -0.25) is 4.79 Å². The van der Waals surface area contributed by atoms with E-state index < -0.39 is 0 Å². The van der Waals surface area contributed by atoms with Crippen LogP contribution < -0.4 is 9.47 Å². The summed E-state index contributed by atoms with van der Waals surface area (Å²) in [7, 11) is 0. The number of ether oxygens (including phenoxy) is 2. The van der Waals surface area contributed by atoms with Crippen molar-refractivity contribution in [1.82, 2.24) is 19.3 Å². The van der Waals surface area contributed by atoms with Gasteiger partial charge in [0.1, 0.15) is 5.82 Å². The van der Waals surface area contributed by atoms with Gasteiger partial charge in [-0.25, -0.2) is 0 Å². The highest BCUT2D eigenvalue weighted by Crippen LogP contribution is 2.34. The molecule has 1 saturated carbocycles. The Morgan fingerprint density at radius 3 is 2.71 bits per heavy atom. The molecule has 0 amide bonds. The first-order valence-electron chi connectivity index (χ1n) is 12.3. The molecule has 2 aliphatic rings. The van der Waals surface area contributed by atoms with Crippen LogP contribution in [0, 0.1) is 13.8 Å². The SMILES string of the molecule is C=CCn1c(SCC(=O)c2cc(C)n(Cc3ccc4c(c3)OCO4)c2C)nnc1C1CCCCC1. The van der Waals surface area contributed by atoms with Gasteiger partial charge in [-0.1, -0.05) is 43.2 Å². The van der Waals surface area contributed by atoms with Crippen LogP contribution in [0.1, 0.15) is 71.2 Å². The largest absolute Gasteiger partial charge is 0.454 e. The van der Waals surface area contributed by atoms with E-state index in [1.54, 1.807) is 0 Å². The second-order valence-electron chi connectivity index (χ2n) is 9.35. The van der Waals surface area contributed by atoms with Crippen LogP contribution in [-0.4, -0.2) is 37.7 Å². The fourth-order valence-corrected chi connectivity index (χ4v) is 5.96. The number of carbonyl (C=O) groups is 1. The topological polar surface area (TPSA) is 71.2 Å². The Bertz CT molecular complexity index is 1240. The third-order valence-electron chi connectivity index (χ3n) is 7.01. The van der Waals surface area contributed by atoms with Crippen molar-refractivity contribution in [1.29, 1.82) is 0 Å². The normalized spacial score (nSPS) is 15.5. The van der Waals surface area contributed by atoms with E-state index in [0.717, 1.165) is 57.8 Å². The number of aryl methyl sites for hydroxylation is 1. The zero-order valence-corrected chi connectivity index (χ0v) is 21.3. The number of rotatable bonds is 9. The molecule has 0 unspecified atom stereocenters. The summed E-state index contributed by atoms with van der Waals surface area (Å²) in [6, 6.07) is 7.98. The number of hydrogen-bond acceptors (Lipinski definition) is 6. The third-order valence-corrected chi connectivity index (χ3v) is 7.98. The van der Waals surface area contributed by atoms with E-state index in [0.29, 0.717) is 24.8 Å². The smallest absolute Gasteiger partial charge is 0.231 e. The van der Waals surface area contributed by atoms with Gasteiger partial charge < -0.3 is 18.6 Å². The summed E-state index contributed by atoms with van der Waals surface area (Å²) in [5, 5.41) is 9.78. The Morgan fingerprint density at radius 2 is 1.91 bits per heavy atom. The standard InChI is InChI=1S/C27H32N4O3S/c1-4-12-30-26(21-8-6-5-7-9-21)28-29-27(30)35-16-23(32)22-13-18(2)31(19(22)3)15-20-10-11-24-25(14-20)34-17-33-24/h4,10-11,13-14,21H,1,5-9,12,15-17H2,2-3H3. The predicted molar refractivity (Wildman–Crippen MR) is 137 cm³/mol. The molecule has 0 atom stereocenters. The van der Waals surface area contributed by atoms with Crippen LogP contribution in [0.3, 0.4) is 0 Å². The van der Waals surface area contributed by atoms with Crippen LogP contribution in [0.25, 0.3) is 0 Å². The molecule has 7 nitrogen and oxygen atoms in total. The molecule has 3 aromatic rings. The molecule has 1 aromatic carbocycles. The van der Waals surface area contributed by atoms with Gasteiger partial charge in [0.25, 0.3) is 0 Å². The first kappa shape index (κ1) is 23.7. The van der Waals surface area contributed by atoms with Crippen LogP contribution in [0.2, 0.25) is 0 Å². The summed E-state index contributed by atoms with van der Waals surface area (Å²) in [5.41, 5.74) is 3.90. The Balaban J connectivity index is 1.29. The monoisotopic (exact) mass is 492 g/mol. The lowest BCUT2D eigenvalue weighted by Gasteiger charge is -2.21. The van der Waals surface area contributed by atoms with Crippen LogP contribution >= 0.6 is 11.8 Å². The zero-order chi connectivity index (χ0) is 24.4. The summed E-state index contributed by atoms with van der Waals surface area (Å²) in [4.78, 5) is 13.2. The zero-order valence-electron chi connectivity index (χ0n) is 20.5. The Kier molecular flexibility index (Phi) is 7.00. The minimum absolute atomic E-state index is 0.104. The van der Waals surface area contributed by atoms with E-state index in [4.69, 9.17) is 9.47 Å². The number of hydrogen-bond donors (Lipinski definition) is 0. The average molecular weight is 493 g/mol.